The number of amides is 1. The largest absolute Gasteiger partial charge is 0.484 e. The third kappa shape index (κ3) is 4.10. The molecule has 3 aromatic rings. The van der Waals surface area contributed by atoms with E-state index < -0.39 is 0 Å². The van der Waals surface area contributed by atoms with Crippen molar-refractivity contribution >= 4 is 16.9 Å². The van der Waals surface area contributed by atoms with Gasteiger partial charge in [0.2, 0.25) is 0 Å². The fourth-order valence-corrected chi connectivity index (χ4v) is 2.39. The number of hydrogen-bond acceptors (Lipinski definition) is 3. The van der Waals surface area contributed by atoms with Crippen molar-refractivity contribution in [3.8, 4) is 5.75 Å². The minimum atomic E-state index is -0.117. The maximum Gasteiger partial charge on any atom is 0.257 e. The van der Waals surface area contributed by atoms with Crippen molar-refractivity contribution in [2.24, 2.45) is 0 Å². The van der Waals surface area contributed by atoms with E-state index in [9.17, 15) is 4.79 Å². The van der Waals surface area contributed by atoms with Crippen LogP contribution in [-0.4, -0.2) is 29.0 Å². The molecular formula is C18H19N3O2. The quantitative estimate of drug-likeness (QED) is 0.735. The van der Waals surface area contributed by atoms with E-state index >= 15 is 0 Å². The predicted molar refractivity (Wildman–Crippen MR) is 89.5 cm³/mol. The van der Waals surface area contributed by atoms with Gasteiger partial charge in [0.15, 0.2) is 6.61 Å². The number of rotatable bonds is 6. The van der Waals surface area contributed by atoms with Crippen LogP contribution in [0.5, 0.6) is 5.75 Å². The third-order valence-electron chi connectivity index (χ3n) is 3.58. The van der Waals surface area contributed by atoms with Crippen molar-refractivity contribution in [1.82, 2.24) is 15.3 Å². The van der Waals surface area contributed by atoms with E-state index in [4.69, 9.17) is 4.74 Å². The van der Waals surface area contributed by atoms with E-state index in [2.05, 4.69) is 21.4 Å². The van der Waals surface area contributed by atoms with Gasteiger partial charge in [0, 0.05) is 6.54 Å². The number of aromatic amines is 1. The van der Waals surface area contributed by atoms with Crippen LogP contribution in [0.15, 0.2) is 48.8 Å². The highest BCUT2D eigenvalue weighted by atomic mass is 16.5. The minimum Gasteiger partial charge on any atom is -0.484 e. The van der Waals surface area contributed by atoms with Gasteiger partial charge in [0.25, 0.3) is 5.91 Å². The Bertz CT molecular complexity index is 811. The van der Waals surface area contributed by atoms with E-state index in [1.165, 1.54) is 0 Å². The van der Waals surface area contributed by atoms with Crippen molar-refractivity contribution in [3.63, 3.8) is 0 Å². The van der Waals surface area contributed by atoms with Gasteiger partial charge in [0.1, 0.15) is 5.75 Å². The predicted octanol–water partition coefficient (Wildman–Crippen LogP) is 2.61. The number of imidazole rings is 1. The molecule has 1 aromatic heterocycles. The first-order valence-electron chi connectivity index (χ1n) is 7.59. The number of nitrogens with one attached hydrogen (secondary N) is 2. The van der Waals surface area contributed by atoms with Gasteiger partial charge in [-0.2, -0.15) is 0 Å². The Balaban J connectivity index is 1.43. The van der Waals surface area contributed by atoms with Gasteiger partial charge in [-0.15, -0.1) is 0 Å². The molecule has 0 aliphatic heterocycles. The van der Waals surface area contributed by atoms with Crippen molar-refractivity contribution in [2.75, 3.05) is 13.2 Å². The summed E-state index contributed by atoms with van der Waals surface area (Å²) in [6.45, 7) is 2.60. The first-order chi connectivity index (χ1) is 11.2. The number of aromatic nitrogens is 2. The Labute approximate surface area is 134 Å². The number of benzene rings is 2. The van der Waals surface area contributed by atoms with Crippen molar-refractivity contribution in [1.29, 1.82) is 0 Å². The molecule has 0 fully saturated rings. The van der Waals surface area contributed by atoms with Crippen LogP contribution >= 0.6 is 0 Å². The topological polar surface area (TPSA) is 67.0 Å². The lowest BCUT2D eigenvalue weighted by Crippen LogP contribution is -2.30. The molecule has 1 amide bonds. The maximum absolute atomic E-state index is 11.8. The second-order valence-corrected chi connectivity index (χ2v) is 5.46. The van der Waals surface area contributed by atoms with Gasteiger partial charge >= 0.3 is 0 Å². The van der Waals surface area contributed by atoms with Crippen molar-refractivity contribution in [3.05, 3.63) is 59.9 Å². The van der Waals surface area contributed by atoms with E-state index in [-0.39, 0.29) is 12.5 Å². The molecule has 23 heavy (non-hydrogen) atoms. The lowest BCUT2D eigenvalue weighted by molar-refractivity contribution is -0.123. The molecule has 0 aliphatic carbocycles. The minimum absolute atomic E-state index is 0.0308. The maximum atomic E-state index is 11.8. The summed E-state index contributed by atoms with van der Waals surface area (Å²) in [4.78, 5) is 19.1. The number of carbonyl (C=O) groups excluding carboxylic acids is 1. The fourth-order valence-electron chi connectivity index (χ4n) is 2.39. The van der Waals surface area contributed by atoms with Crippen molar-refractivity contribution in [2.45, 2.75) is 13.3 Å². The molecule has 2 N–H and O–H groups in total. The number of ether oxygens (including phenoxy) is 1. The summed E-state index contributed by atoms with van der Waals surface area (Å²) in [6.07, 6.45) is 2.45. The van der Waals surface area contributed by atoms with E-state index in [0.29, 0.717) is 12.3 Å². The summed E-state index contributed by atoms with van der Waals surface area (Å²) in [5.41, 5.74) is 4.22. The molecule has 0 spiro atoms. The number of aryl methyl sites for hydroxylation is 1. The standard InChI is InChI=1S/C18H19N3O2/c1-13-3-2-4-15(9-13)23-11-18(22)19-8-7-14-5-6-16-17(10-14)21-12-20-16/h2-6,9-10,12H,7-8,11H2,1H3,(H,19,22)(H,20,21). The smallest absolute Gasteiger partial charge is 0.257 e. The average Bonchev–Trinajstić information content (AvgIpc) is 3.01. The second-order valence-electron chi connectivity index (χ2n) is 5.46. The van der Waals surface area contributed by atoms with Gasteiger partial charge in [-0.05, 0) is 48.7 Å². The molecule has 0 unspecified atom stereocenters. The highest BCUT2D eigenvalue weighted by molar-refractivity contribution is 5.77. The van der Waals surface area contributed by atoms with E-state index in [0.717, 1.165) is 28.6 Å². The van der Waals surface area contributed by atoms with Gasteiger partial charge in [-0.25, -0.2) is 4.98 Å². The monoisotopic (exact) mass is 309 g/mol. The summed E-state index contributed by atoms with van der Waals surface area (Å²) in [5, 5.41) is 2.87. The fraction of sp³-hybridized carbons (Fsp3) is 0.222. The molecule has 0 atom stereocenters. The number of hydrogen-bond donors (Lipinski definition) is 2. The van der Waals surface area contributed by atoms with E-state index in [1.807, 2.05) is 43.3 Å². The molecule has 2 aromatic carbocycles. The van der Waals surface area contributed by atoms with E-state index in [1.54, 1.807) is 6.33 Å². The zero-order valence-corrected chi connectivity index (χ0v) is 13.0. The molecule has 5 heteroatoms. The normalized spacial score (nSPS) is 10.7. The Morgan fingerprint density at radius 2 is 2.17 bits per heavy atom. The lowest BCUT2D eigenvalue weighted by atomic mass is 10.1. The number of H-pyrrole nitrogens is 1. The average molecular weight is 309 g/mol. The molecule has 0 saturated carbocycles. The van der Waals surface area contributed by atoms with Gasteiger partial charge < -0.3 is 15.0 Å². The number of carbonyl (C=O) groups is 1. The molecule has 118 valence electrons. The summed E-state index contributed by atoms with van der Waals surface area (Å²) in [7, 11) is 0. The van der Waals surface area contributed by atoms with Crippen LogP contribution in [0.2, 0.25) is 0 Å². The Morgan fingerprint density at radius 1 is 1.26 bits per heavy atom. The second kappa shape index (κ2) is 6.96. The summed E-state index contributed by atoms with van der Waals surface area (Å²) >= 11 is 0. The zero-order chi connectivity index (χ0) is 16.1. The molecule has 3 rings (SSSR count). The van der Waals surface area contributed by atoms with Gasteiger partial charge in [-0.3, -0.25) is 4.79 Å². The molecule has 5 nitrogen and oxygen atoms in total. The van der Waals surface area contributed by atoms with Crippen LogP contribution in [-0.2, 0) is 11.2 Å². The molecule has 0 aliphatic rings. The third-order valence-corrected chi connectivity index (χ3v) is 3.58. The van der Waals surface area contributed by atoms with Gasteiger partial charge in [0.05, 0.1) is 17.4 Å². The van der Waals surface area contributed by atoms with Crippen molar-refractivity contribution < 1.29 is 9.53 Å². The molecular weight excluding hydrogens is 290 g/mol. The van der Waals surface area contributed by atoms with Crippen LogP contribution in [0, 0.1) is 6.92 Å². The molecule has 0 saturated heterocycles. The van der Waals surface area contributed by atoms with Crippen LogP contribution in [0.1, 0.15) is 11.1 Å². The lowest BCUT2D eigenvalue weighted by Gasteiger charge is -2.08. The number of nitrogens with zero attached hydrogens (tertiary/aromatic N) is 1. The Hall–Kier alpha value is -2.82. The van der Waals surface area contributed by atoms with Crippen LogP contribution < -0.4 is 10.1 Å². The Kier molecular flexibility index (Phi) is 4.57. The summed E-state index contributed by atoms with van der Waals surface area (Å²) < 4.78 is 5.47. The van der Waals surface area contributed by atoms with Crippen LogP contribution in [0.25, 0.3) is 11.0 Å². The number of fused-ring (bicyclic) bond motifs is 1. The summed E-state index contributed by atoms with van der Waals surface area (Å²) in [6, 6.07) is 13.7. The first kappa shape index (κ1) is 15.1. The highest BCUT2D eigenvalue weighted by Crippen LogP contribution is 2.12. The molecule has 0 bridgehead atoms. The molecule has 0 radical (unpaired) electrons. The first-order valence-corrected chi connectivity index (χ1v) is 7.59. The van der Waals surface area contributed by atoms with Crippen LogP contribution in [0.3, 0.4) is 0 Å². The van der Waals surface area contributed by atoms with Gasteiger partial charge in [-0.1, -0.05) is 18.2 Å². The van der Waals surface area contributed by atoms with Crippen LogP contribution in [0.4, 0.5) is 0 Å². The Morgan fingerprint density at radius 3 is 3.04 bits per heavy atom. The SMILES string of the molecule is Cc1cccc(OCC(=O)NCCc2ccc3nc[nH]c3c2)c1. The summed E-state index contributed by atoms with van der Waals surface area (Å²) in [5.74, 6) is 0.596. The molecule has 1 heterocycles. The highest BCUT2D eigenvalue weighted by Gasteiger charge is 2.03. The zero-order valence-electron chi connectivity index (χ0n) is 13.0.